The number of nitrogens with zero attached hydrogens (tertiary/aromatic N) is 2. The maximum Gasteiger partial charge on any atom is 0.314 e. The third-order valence-corrected chi connectivity index (χ3v) is 4.31. The van der Waals surface area contributed by atoms with Crippen molar-refractivity contribution in [3.05, 3.63) is 18.7 Å². The molecule has 1 heterocycles. The lowest BCUT2D eigenvalue weighted by atomic mass is 9.78. The fourth-order valence-corrected chi connectivity index (χ4v) is 2.91. The monoisotopic (exact) mass is 294 g/mol. The molecule has 1 aromatic heterocycles. The molecular formula is C15H26N4O2. The first-order valence-electron chi connectivity index (χ1n) is 7.78. The summed E-state index contributed by atoms with van der Waals surface area (Å²) >= 11 is 0. The van der Waals surface area contributed by atoms with Crippen molar-refractivity contribution in [3.8, 4) is 0 Å². The summed E-state index contributed by atoms with van der Waals surface area (Å²) in [5, 5.41) is 16.1. The van der Waals surface area contributed by atoms with Crippen molar-refractivity contribution < 1.29 is 9.90 Å². The number of aromatic nitrogens is 2. The lowest BCUT2D eigenvalue weighted by molar-refractivity contribution is -0.0130. The first kappa shape index (κ1) is 15.8. The number of hydrogen-bond acceptors (Lipinski definition) is 3. The molecule has 0 radical (unpaired) electrons. The second-order valence-corrected chi connectivity index (χ2v) is 6.10. The van der Waals surface area contributed by atoms with E-state index in [1.54, 1.807) is 12.5 Å². The number of carbonyl (C=O) groups excluding carboxylic acids is 1. The van der Waals surface area contributed by atoms with Gasteiger partial charge in [0.2, 0.25) is 0 Å². The van der Waals surface area contributed by atoms with E-state index in [1.165, 1.54) is 19.3 Å². The van der Waals surface area contributed by atoms with E-state index >= 15 is 0 Å². The maximum atomic E-state index is 11.7. The van der Waals surface area contributed by atoms with E-state index in [-0.39, 0.29) is 11.9 Å². The molecule has 2 rings (SSSR count). The van der Waals surface area contributed by atoms with Crippen molar-refractivity contribution >= 4 is 6.03 Å². The van der Waals surface area contributed by atoms with Crippen LogP contribution in [-0.4, -0.2) is 39.4 Å². The summed E-state index contributed by atoms with van der Waals surface area (Å²) in [5.41, 5.74) is -0.817. The van der Waals surface area contributed by atoms with Crippen molar-refractivity contribution in [2.75, 3.05) is 13.1 Å². The number of imidazole rings is 1. The Balaban J connectivity index is 1.65. The predicted octanol–water partition coefficient (Wildman–Crippen LogP) is 1.51. The fourth-order valence-electron chi connectivity index (χ4n) is 2.91. The minimum absolute atomic E-state index is 0.230. The Morgan fingerprint density at radius 2 is 2.14 bits per heavy atom. The van der Waals surface area contributed by atoms with Gasteiger partial charge in [0.1, 0.15) is 0 Å². The van der Waals surface area contributed by atoms with Crippen molar-refractivity contribution in [1.82, 2.24) is 20.2 Å². The fraction of sp³-hybridized carbons (Fsp3) is 0.733. The van der Waals surface area contributed by atoms with Gasteiger partial charge in [0.05, 0.1) is 11.9 Å². The van der Waals surface area contributed by atoms with E-state index in [0.717, 1.165) is 12.8 Å². The Bertz CT molecular complexity index is 425. The molecule has 0 aliphatic heterocycles. The van der Waals surface area contributed by atoms with Gasteiger partial charge in [-0.2, -0.15) is 0 Å². The van der Waals surface area contributed by atoms with Crippen LogP contribution in [0, 0.1) is 5.92 Å². The van der Waals surface area contributed by atoms with E-state index < -0.39 is 5.60 Å². The highest BCUT2D eigenvalue weighted by Gasteiger charge is 2.32. The van der Waals surface area contributed by atoms with Crippen molar-refractivity contribution in [3.63, 3.8) is 0 Å². The predicted molar refractivity (Wildman–Crippen MR) is 80.8 cm³/mol. The summed E-state index contributed by atoms with van der Waals surface area (Å²) in [6.07, 6.45) is 11.0. The van der Waals surface area contributed by atoms with Crippen LogP contribution in [0.4, 0.5) is 4.79 Å². The SMILES string of the molecule is CC(O)(CNC(=O)NCCn1ccnc1)C1CCCCC1. The number of amides is 2. The molecule has 1 aliphatic rings. The molecule has 6 nitrogen and oxygen atoms in total. The van der Waals surface area contributed by atoms with Crippen LogP contribution >= 0.6 is 0 Å². The average molecular weight is 294 g/mol. The molecule has 0 bridgehead atoms. The summed E-state index contributed by atoms with van der Waals surface area (Å²) in [7, 11) is 0. The molecule has 1 fully saturated rings. The summed E-state index contributed by atoms with van der Waals surface area (Å²) in [6.45, 7) is 3.35. The van der Waals surface area contributed by atoms with Gasteiger partial charge in [-0.25, -0.2) is 9.78 Å². The van der Waals surface area contributed by atoms with E-state index in [4.69, 9.17) is 0 Å². The number of rotatable bonds is 6. The van der Waals surface area contributed by atoms with Crippen LogP contribution in [0.15, 0.2) is 18.7 Å². The Kier molecular flexibility index (Phi) is 5.61. The Hall–Kier alpha value is -1.56. The van der Waals surface area contributed by atoms with Crippen LogP contribution in [0.1, 0.15) is 39.0 Å². The number of carbonyl (C=O) groups is 1. The molecule has 118 valence electrons. The first-order valence-corrected chi connectivity index (χ1v) is 7.78. The number of nitrogens with one attached hydrogen (secondary N) is 2. The average Bonchev–Trinajstić information content (AvgIpc) is 2.99. The zero-order valence-electron chi connectivity index (χ0n) is 12.7. The zero-order valence-corrected chi connectivity index (χ0v) is 12.7. The Labute approximate surface area is 125 Å². The summed E-state index contributed by atoms with van der Waals surface area (Å²) in [5.74, 6) is 0.289. The lowest BCUT2D eigenvalue weighted by Gasteiger charge is -2.35. The second-order valence-electron chi connectivity index (χ2n) is 6.10. The molecule has 1 aliphatic carbocycles. The van der Waals surface area contributed by atoms with Gasteiger partial charge in [-0.05, 0) is 25.7 Å². The van der Waals surface area contributed by atoms with Crippen LogP contribution in [0.3, 0.4) is 0 Å². The molecular weight excluding hydrogens is 268 g/mol. The second kappa shape index (κ2) is 7.45. The molecule has 2 amide bonds. The first-order chi connectivity index (χ1) is 10.1. The van der Waals surface area contributed by atoms with Gasteiger partial charge in [0.15, 0.2) is 0 Å². The maximum absolute atomic E-state index is 11.7. The molecule has 1 aromatic rings. The standard InChI is InChI=1S/C15H26N4O2/c1-15(21,13-5-3-2-4-6-13)11-18-14(20)17-8-10-19-9-7-16-12-19/h7,9,12-13,21H,2-6,8,10-11H2,1H3,(H2,17,18,20). The normalized spacial score (nSPS) is 19.0. The topological polar surface area (TPSA) is 79.2 Å². The van der Waals surface area contributed by atoms with Crippen molar-refractivity contribution in [2.45, 2.75) is 51.2 Å². The third-order valence-electron chi connectivity index (χ3n) is 4.31. The van der Waals surface area contributed by atoms with Crippen LogP contribution < -0.4 is 10.6 Å². The van der Waals surface area contributed by atoms with E-state index in [1.807, 2.05) is 17.7 Å². The minimum atomic E-state index is -0.817. The van der Waals surface area contributed by atoms with Gasteiger partial charge in [0, 0.05) is 32.0 Å². The number of hydrogen-bond donors (Lipinski definition) is 3. The summed E-state index contributed by atoms with van der Waals surface area (Å²) in [6, 6.07) is -0.230. The zero-order chi connectivity index (χ0) is 15.1. The van der Waals surface area contributed by atoms with Gasteiger partial charge in [-0.1, -0.05) is 19.3 Å². The van der Waals surface area contributed by atoms with Crippen molar-refractivity contribution in [1.29, 1.82) is 0 Å². The van der Waals surface area contributed by atoms with Crippen molar-refractivity contribution in [2.24, 2.45) is 5.92 Å². The molecule has 3 N–H and O–H groups in total. The van der Waals surface area contributed by atoms with Crippen LogP contribution in [0.25, 0.3) is 0 Å². The molecule has 21 heavy (non-hydrogen) atoms. The number of aliphatic hydroxyl groups is 1. The molecule has 0 saturated heterocycles. The highest BCUT2D eigenvalue weighted by atomic mass is 16.3. The lowest BCUT2D eigenvalue weighted by Crippen LogP contribution is -2.49. The van der Waals surface area contributed by atoms with Gasteiger partial charge in [-0.15, -0.1) is 0 Å². The number of urea groups is 1. The Morgan fingerprint density at radius 3 is 2.81 bits per heavy atom. The molecule has 0 spiro atoms. The van der Waals surface area contributed by atoms with E-state index in [0.29, 0.717) is 19.6 Å². The van der Waals surface area contributed by atoms with Gasteiger partial charge in [-0.3, -0.25) is 0 Å². The van der Waals surface area contributed by atoms with Gasteiger partial charge < -0.3 is 20.3 Å². The summed E-state index contributed by atoms with van der Waals surface area (Å²) < 4.78 is 1.90. The van der Waals surface area contributed by atoms with Gasteiger partial charge >= 0.3 is 6.03 Å². The molecule has 6 heteroatoms. The van der Waals surface area contributed by atoms with Crippen LogP contribution in [-0.2, 0) is 6.54 Å². The smallest absolute Gasteiger partial charge is 0.314 e. The summed E-state index contributed by atoms with van der Waals surface area (Å²) in [4.78, 5) is 15.7. The van der Waals surface area contributed by atoms with Crippen LogP contribution in [0.2, 0.25) is 0 Å². The largest absolute Gasteiger partial charge is 0.388 e. The molecule has 1 saturated carbocycles. The molecule has 0 aromatic carbocycles. The minimum Gasteiger partial charge on any atom is -0.388 e. The third kappa shape index (κ3) is 5.04. The van der Waals surface area contributed by atoms with E-state index in [9.17, 15) is 9.90 Å². The highest BCUT2D eigenvalue weighted by molar-refractivity contribution is 5.73. The van der Waals surface area contributed by atoms with E-state index in [2.05, 4.69) is 15.6 Å². The van der Waals surface area contributed by atoms with Crippen LogP contribution in [0.5, 0.6) is 0 Å². The Morgan fingerprint density at radius 1 is 1.38 bits per heavy atom. The molecule has 1 atom stereocenters. The highest BCUT2D eigenvalue weighted by Crippen LogP contribution is 2.32. The molecule has 1 unspecified atom stereocenters. The quantitative estimate of drug-likeness (QED) is 0.744. The van der Waals surface area contributed by atoms with Gasteiger partial charge in [0.25, 0.3) is 0 Å².